The Morgan fingerprint density at radius 2 is 2.19 bits per heavy atom. The Balaban J connectivity index is 1.71. The second kappa shape index (κ2) is 3.91. The van der Waals surface area contributed by atoms with Gasteiger partial charge in [-0.05, 0) is 25.7 Å². The molecule has 2 heterocycles. The number of rotatable bonds is 2. The van der Waals surface area contributed by atoms with Crippen LogP contribution in [-0.4, -0.2) is 42.2 Å². The summed E-state index contributed by atoms with van der Waals surface area (Å²) in [6.45, 7) is 2.78. The van der Waals surface area contributed by atoms with Gasteiger partial charge in [0, 0.05) is 13.2 Å². The van der Waals surface area contributed by atoms with Crippen LogP contribution in [0.5, 0.6) is 0 Å². The first-order valence-corrected chi connectivity index (χ1v) is 6.49. The predicted molar refractivity (Wildman–Crippen MR) is 63.4 cm³/mol. The van der Waals surface area contributed by atoms with Gasteiger partial charge >= 0.3 is 0 Å². The van der Waals surface area contributed by atoms with Crippen LogP contribution in [0.1, 0.15) is 38.5 Å². The summed E-state index contributed by atoms with van der Waals surface area (Å²) in [5.41, 5.74) is 6.29. The molecule has 4 heteroatoms. The highest BCUT2D eigenvalue weighted by Gasteiger charge is 2.45. The molecule has 1 saturated heterocycles. The number of aliphatic imine (C=N–C) groups is 1. The second-order valence-electron chi connectivity index (χ2n) is 5.35. The molecule has 1 spiro atoms. The third-order valence-electron chi connectivity index (χ3n) is 4.33. The van der Waals surface area contributed by atoms with Gasteiger partial charge in [-0.3, -0.25) is 4.99 Å². The highest BCUT2D eigenvalue weighted by Crippen LogP contribution is 2.38. The van der Waals surface area contributed by atoms with Gasteiger partial charge in [-0.15, -0.1) is 0 Å². The fraction of sp³-hybridized carbons (Fsp3) is 0.917. The molecular weight excluding hydrogens is 202 g/mol. The normalized spacial score (nSPS) is 32.6. The molecule has 2 aliphatic heterocycles. The molecule has 3 aliphatic rings. The Morgan fingerprint density at radius 3 is 2.88 bits per heavy atom. The zero-order valence-corrected chi connectivity index (χ0v) is 9.82. The van der Waals surface area contributed by atoms with Crippen LogP contribution < -0.4 is 5.73 Å². The minimum absolute atomic E-state index is 0.260. The lowest BCUT2D eigenvalue weighted by atomic mass is 9.96. The Kier molecular flexibility index (Phi) is 2.54. The molecule has 2 fully saturated rings. The minimum Gasteiger partial charge on any atom is -0.376 e. The molecule has 1 atom stereocenters. The van der Waals surface area contributed by atoms with Gasteiger partial charge in [0.1, 0.15) is 0 Å². The summed E-state index contributed by atoms with van der Waals surface area (Å²) in [6, 6.07) is 0. The molecule has 1 aliphatic carbocycles. The van der Waals surface area contributed by atoms with Crippen molar-refractivity contribution in [1.29, 1.82) is 0 Å². The summed E-state index contributed by atoms with van der Waals surface area (Å²) < 4.78 is 5.71. The van der Waals surface area contributed by atoms with Gasteiger partial charge in [-0.1, -0.05) is 12.8 Å². The molecular formula is C12H21N3O. The number of nitrogens with zero attached hydrogens (tertiary/aromatic N) is 2. The maximum atomic E-state index is 6.03. The van der Waals surface area contributed by atoms with Crippen molar-refractivity contribution < 1.29 is 4.74 Å². The van der Waals surface area contributed by atoms with E-state index in [9.17, 15) is 0 Å². The second-order valence-corrected chi connectivity index (χ2v) is 5.35. The quantitative estimate of drug-likeness (QED) is 0.763. The van der Waals surface area contributed by atoms with Crippen molar-refractivity contribution >= 4 is 5.96 Å². The molecule has 2 N–H and O–H groups in total. The first-order valence-electron chi connectivity index (χ1n) is 6.49. The van der Waals surface area contributed by atoms with E-state index in [4.69, 9.17) is 10.5 Å². The molecule has 4 nitrogen and oxygen atoms in total. The molecule has 0 radical (unpaired) electrons. The third kappa shape index (κ3) is 1.59. The van der Waals surface area contributed by atoms with E-state index in [-0.39, 0.29) is 5.54 Å². The Morgan fingerprint density at radius 1 is 1.38 bits per heavy atom. The van der Waals surface area contributed by atoms with E-state index in [2.05, 4.69) is 9.89 Å². The summed E-state index contributed by atoms with van der Waals surface area (Å²) >= 11 is 0. The number of guanidine groups is 1. The fourth-order valence-electron chi connectivity index (χ4n) is 3.38. The number of ether oxygens (including phenoxy) is 1. The average molecular weight is 223 g/mol. The molecule has 0 aromatic rings. The van der Waals surface area contributed by atoms with Crippen LogP contribution in [0.15, 0.2) is 4.99 Å². The summed E-state index contributed by atoms with van der Waals surface area (Å²) in [5, 5.41) is 0. The largest absolute Gasteiger partial charge is 0.376 e. The van der Waals surface area contributed by atoms with E-state index in [1.165, 1.54) is 38.5 Å². The molecule has 0 amide bonds. The monoisotopic (exact) mass is 223 g/mol. The Labute approximate surface area is 96.8 Å². The van der Waals surface area contributed by atoms with Gasteiger partial charge in [-0.2, -0.15) is 0 Å². The van der Waals surface area contributed by atoms with Crippen LogP contribution in [-0.2, 0) is 4.74 Å². The van der Waals surface area contributed by atoms with Crippen LogP contribution in [0.25, 0.3) is 0 Å². The van der Waals surface area contributed by atoms with Crippen molar-refractivity contribution in [2.75, 3.05) is 19.7 Å². The van der Waals surface area contributed by atoms with Crippen LogP contribution in [0.4, 0.5) is 0 Å². The standard InChI is InChI=1S/C12H21N3O/c13-11-14-9-12(5-1-2-6-12)15(11)8-10-4-3-7-16-10/h10H,1-9H2,(H2,13,14). The average Bonchev–Trinajstić information content (AvgIpc) is 2.98. The van der Waals surface area contributed by atoms with Crippen LogP contribution >= 0.6 is 0 Å². The lowest BCUT2D eigenvalue weighted by Crippen LogP contribution is -2.52. The summed E-state index contributed by atoms with van der Waals surface area (Å²) in [5.74, 6) is 0.748. The number of hydrogen-bond donors (Lipinski definition) is 1. The lowest BCUT2D eigenvalue weighted by Gasteiger charge is -2.37. The molecule has 1 unspecified atom stereocenters. The topological polar surface area (TPSA) is 50.8 Å². The minimum atomic E-state index is 0.260. The van der Waals surface area contributed by atoms with Gasteiger partial charge in [-0.25, -0.2) is 0 Å². The Bertz CT molecular complexity index is 291. The molecule has 1 saturated carbocycles. The molecule has 0 aromatic heterocycles. The van der Waals surface area contributed by atoms with Gasteiger partial charge in [0.25, 0.3) is 0 Å². The van der Waals surface area contributed by atoms with Crippen LogP contribution in [0.2, 0.25) is 0 Å². The van der Waals surface area contributed by atoms with Gasteiger partial charge in [0.15, 0.2) is 5.96 Å². The van der Waals surface area contributed by atoms with Crippen molar-refractivity contribution in [3.05, 3.63) is 0 Å². The molecule has 0 aromatic carbocycles. The van der Waals surface area contributed by atoms with Gasteiger partial charge in [0.05, 0.1) is 18.2 Å². The molecule has 3 rings (SSSR count). The van der Waals surface area contributed by atoms with E-state index in [0.717, 1.165) is 25.7 Å². The van der Waals surface area contributed by atoms with E-state index < -0.39 is 0 Å². The zero-order valence-electron chi connectivity index (χ0n) is 9.82. The van der Waals surface area contributed by atoms with E-state index in [1.54, 1.807) is 0 Å². The van der Waals surface area contributed by atoms with Crippen molar-refractivity contribution in [1.82, 2.24) is 4.90 Å². The fourth-order valence-corrected chi connectivity index (χ4v) is 3.38. The van der Waals surface area contributed by atoms with Gasteiger partial charge < -0.3 is 15.4 Å². The Hall–Kier alpha value is -0.770. The highest BCUT2D eigenvalue weighted by atomic mass is 16.5. The number of nitrogens with two attached hydrogens (primary N) is 1. The molecule has 90 valence electrons. The van der Waals surface area contributed by atoms with Crippen LogP contribution in [0.3, 0.4) is 0 Å². The SMILES string of the molecule is NC1=NCC2(CCCC2)N1CC1CCCO1. The molecule has 16 heavy (non-hydrogen) atoms. The van der Waals surface area contributed by atoms with Crippen LogP contribution in [0, 0.1) is 0 Å². The summed E-state index contributed by atoms with van der Waals surface area (Å²) in [6.07, 6.45) is 7.91. The molecule has 0 bridgehead atoms. The number of hydrogen-bond acceptors (Lipinski definition) is 4. The van der Waals surface area contributed by atoms with E-state index in [0.29, 0.717) is 6.10 Å². The summed E-state index contributed by atoms with van der Waals surface area (Å²) in [4.78, 5) is 6.80. The third-order valence-corrected chi connectivity index (χ3v) is 4.33. The lowest BCUT2D eigenvalue weighted by molar-refractivity contribution is 0.0668. The zero-order chi connectivity index (χ0) is 11.0. The van der Waals surface area contributed by atoms with Gasteiger partial charge in [0.2, 0.25) is 0 Å². The predicted octanol–water partition coefficient (Wildman–Crippen LogP) is 1.11. The first-order chi connectivity index (χ1) is 7.80. The van der Waals surface area contributed by atoms with Crippen molar-refractivity contribution in [2.45, 2.75) is 50.2 Å². The maximum Gasteiger partial charge on any atom is 0.191 e. The van der Waals surface area contributed by atoms with Crippen molar-refractivity contribution in [2.24, 2.45) is 10.7 Å². The first kappa shape index (κ1) is 10.4. The maximum absolute atomic E-state index is 6.03. The highest BCUT2D eigenvalue weighted by molar-refractivity contribution is 5.81. The van der Waals surface area contributed by atoms with E-state index >= 15 is 0 Å². The van der Waals surface area contributed by atoms with Crippen molar-refractivity contribution in [3.8, 4) is 0 Å². The van der Waals surface area contributed by atoms with E-state index in [1.807, 2.05) is 0 Å². The smallest absolute Gasteiger partial charge is 0.191 e. The van der Waals surface area contributed by atoms with Crippen molar-refractivity contribution in [3.63, 3.8) is 0 Å². The summed E-state index contributed by atoms with van der Waals surface area (Å²) in [7, 11) is 0.